The zero-order chi connectivity index (χ0) is 17.6. The van der Waals surface area contributed by atoms with Crippen molar-refractivity contribution < 1.29 is 13.6 Å². The Morgan fingerprint density at radius 2 is 2.04 bits per heavy atom. The van der Waals surface area contributed by atoms with Gasteiger partial charge in [0.05, 0.1) is 22.6 Å². The van der Waals surface area contributed by atoms with E-state index in [0.717, 1.165) is 11.0 Å². The number of hydrogen-bond acceptors (Lipinski definition) is 3. The predicted octanol–water partition coefficient (Wildman–Crippen LogP) is 4.60. The standard InChI is InChI=1S/C18H14FN3O2S/c1-9(15-6-10-4-2-3-5-14(10)24-15)20-17(23)12-7-11(19)8-13-16(12)22-18(25)21-13/h2-9H,1H3,(H,20,23)(H2,21,22,25). The minimum absolute atomic E-state index is 0.185. The lowest BCUT2D eigenvalue weighted by Gasteiger charge is -2.12. The molecule has 7 heteroatoms. The van der Waals surface area contributed by atoms with Crippen molar-refractivity contribution in [1.29, 1.82) is 0 Å². The SMILES string of the molecule is CC(NC(=O)c1cc(F)cc2[nH]c(=S)[nH]c12)c1cc2ccccc2o1. The number of carbonyl (C=O) groups excluding carboxylic acids is 1. The highest BCUT2D eigenvalue weighted by Crippen LogP contribution is 2.24. The first-order valence-electron chi connectivity index (χ1n) is 7.72. The van der Waals surface area contributed by atoms with Crippen molar-refractivity contribution in [2.45, 2.75) is 13.0 Å². The fourth-order valence-corrected chi connectivity index (χ4v) is 3.06. The Balaban J connectivity index is 1.66. The molecule has 25 heavy (non-hydrogen) atoms. The maximum absolute atomic E-state index is 13.8. The number of hydrogen-bond donors (Lipinski definition) is 3. The number of furan rings is 1. The van der Waals surface area contributed by atoms with Crippen molar-refractivity contribution in [2.24, 2.45) is 0 Å². The summed E-state index contributed by atoms with van der Waals surface area (Å²) >= 11 is 5.02. The van der Waals surface area contributed by atoms with E-state index in [1.807, 2.05) is 37.3 Å². The summed E-state index contributed by atoms with van der Waals surface area (Å²) in [6.07, 6.45) is 0. The number of rotatable bonds is 3. The summed E-state index contributed by atoms with van der Waals surface area (Å²) in [5, 5.41) is 3.79. The summed E-state index contributed by atoms with van der Waals surface area (Å²) in [6, 6.07) is 11.6. The van der Waals surface area contributed by atoms with Crippen molar-refractivity contribution in [2.75, 3.05) is 0 Å². The lowest BCUT2D eigenvalue weighted by atomic mass is 10.1. The molecule has 1 amide bonds. The van der Waals surface area contributed by atoms with Crippen LogP contribution < -0.4 is 5.32 Å². The Bertz CT molecular complexity index is 1130. The third kappa shape index (κ3) is 2.83. The zero-order valence-corrected chi connectivity index (χ0v) is 14.0. The normalized spacial score (nSPS) is 12.6. The number of imidazole rings is 1. The predicted molar refractivity (Wildman–Crippen MR) is 95.5 cm³/mol. The van der Waals surface area contributed by atoms with Gasteiger partial charge in [-0.05, 0) is 43.4 Å². The van der Waals surface area contributed by atoms with E-state index < -0.39 is 11.7 Å². The van der Waals surface area contributed by atoms with Crippen molar-refractivity contribution in [3.05, 3.63) is 64.4 Å². The van der Waals surface area contributed by atoms with E-state index in [2.05, 4.69) is 15.3 Å². The van der Waals surface area contributed by atoms with Crippen LogP contribution in [0.3, 0.4) is 0 Å². The second-order valence-corrected chi connectivity index (χ2v) is 6.25. The molecule has 0 fully saturated rings. The Kier molecular flexibility index (Phi) is 3.65. The van der Waals surface area contributed by atoms with E-state index in [9.17, 15) is 9.18 Å². The number of para-hydroxylation sites is 1. The van der Waals surface area contributed by atoms with E-state index in [-0.39, 0.29) is 11.6 Å². The molecule has 0 saturated heterocycles. The van der Waals surface area contributed by atoms with E-state index in [0.29, 0.717) is 21.6 Å². The van der Waals surface area contributed by atoms with Gasteiger partial charge in [-0.15, -0.1) is 0 Å². The third-order valence-corrected chi connectivity index (χ3v) is 4.26. The van der Waals surface area contributed by atoms with Crippen LogP contribution in [0.15, 0.2) is 46.9 Å². The Morgan fingerprint density at radius 1 is 1.24 bits per heavy atom. The minimum atomic E-state index is -0.515. The van der Waals surface area contributed by atoms with Crippen LogP contribution in [0.1, 0.15) is 29.1 Å². The summed E-state index contributed by atoms with van der Waals surface area (Å²) in [5.41, 5.74) is 1.86. The van der Waals surface area contributed by atoms with Gasteiger partial charge in [0.2, 0.25) is 0 Å². The average molecular weight is 355 g/mol. The number of aromatic amines is 2. The van der Waals surface area contributed by atoms with Crippen LogP contribution in [-0.4, -0.2) is 15.9 Å². The van der Waals surface area contributed by atoms with Crippen LogP contribution in [0.2, 0.25) is 0 Å². The number of aromatic nitrogens is 2. The van der Waals surface area contributed by atoms with Crippen LogP contribution in [0.4, 0.5) is 4.39 Å². The summed E-state index contributed by atoms with van der Waals surface area (Å²) in [6.45, 7) is 1.81. The quantitative estimate of drug-likeness (QED) is 0.470. The molecule has 126 valence electrons. The molecule has 0 bridgehead atoms. The van der Waals surface area contributed by atoms with Gasteiger partial charge >= 0.3 is 0 Å². The van der Waals surface area contributed by atoms with Gasteiger partial charge in [0, 0.05) is 5.39 Å². The smallest absolute Gasteiger partial charge is 0.254 e. The molecule has 3 N–H and O–H groups in total. The van der Waals surface area contributed by atoms with Crippen LogP contribution in [-0.2, 0) is 0 Å². The molecule has 1 unspecified atom stereocenters. The van der Waals surface area contributed by atoms with Gasteiger partial charge in [-0.25, -0.2) is 4.39 Å². The maximum atomic E-state index is 13.8. The summed E-state index contributed by atoms with van der Waals surface area (Å²) < 4.78 is 19.9. The molecule has 5 nitrogen and oxygen atoms in total. The number of carbonyl (C=O) groups is 1. The Hall–Kier alpha value is -2.93. The highest BCUT2D eigenvalue weighted by atomic mass is 32.1. The van der Waals surface area contributed by atoms with Gasteiger partial charge in [-0.1, -0.05) is 18.2 Å². The molecule has 2 aromatic carbocycles. The van der Waals surface area contributed by atoms with E-state index >= 15 is 0 Å². The largest absolute Gasteiger partial charge is 0.459 e. The first kappa shape index (κ1) is 15.6. The lowest BCUT2D eigenvalue weighted by Crippen LogP contribution is -2.26. The first-order valence-corrected chi connectivity index (χ1v) is 8.13. The summed E-state index contributed by atoms with van der Waals surface area (Å²) in [7, 11) is 0. The van der Waals surface area contributed by atoms with Crippen LogP contribution in [0.5, 0.6) is 0 Å². The van der Waals surface area contributed by atoms with Crippen LogP contribution >= 0.6 is 12.2 Å². The second kappa shape index (κ2) is 5.86. The topological polar surface area (TPSA) is 73.8 Å². The van der Waals surface area contributed by atoms with Crippen molar-refractivity contribution in [3.8, 4) is 0 Å². The fourth-order valence-electron chi connectivity index (χ4n) is 2.85. The second-order valence-electron chi connectivity index (χ2n) is 5.84. The highest BCUT2D eigenvalue weighted by Gasteiger charge is 2.18. The molecule has 1 atom stereocenters. The molecule has 0 aliphatic rings. The molecule has 4 aromatic rings. The van der Waals surface area contributed by atoms with Crippen LogP contribution in [0, 0.1) is 10.6 Å². The van der Waals surface area contributed by atoms with Crippen molar-refractivity contribution in [3.63, 3.8) is 0 Å². The molecule has 0 aliphatic carbocycles. The molecule has 4 rings (SSSR count). The number of nitrogens with one attached hydrogen (secondary N) is 3. The molecule has 0 spiro atoms. The Morgan fingerprint density at radius 3 is 2.84 bits per heavy atom. The number of benzene rings is 2. The summed E-state index contributed by atoms with van der Waals surface area (Å²) in [5.74, 6) is -0.300. The van der Waals surface area contributed by atoms with Gasteiger partial charge in [-0.2, -0.15) is 0 Å². The highest BCUT2D eigenvalue weighted by molar-refractivity contribution is 7.71. The fraction of sp³-hybridized carbons (Fsp3) is 0.111. The van der Waals surface area contributed by atoms with E-state index in [4.69, 9.17) is 16.6 Å². The van der Waals surface area contributed by atoms with Gasteiger partial charge in [0.15, 0.2) is 4.77 Å². The number of amides is 1. The molecule has 0 aliphatic heterocycles. The first-order chi connectivity index (χ1) is 12.0. The van der Waals surface area contributed by atoms with Gasteiger partial charge in [0.1, 0.15) is 17.2 Å². The number of halogens is 1. The summed E-state index contributed by atoms with van der Waals surface area (Å²) in [4.78, 5) is 18.3. The van der Waals surface area contributed by atoms with Gasteiger partial charge in [-0.3, -0.25) is 4.79 Å². The molecular formula is C18H14FN3O2S. The molecule has 0 saturated carbocycles. The Labute approximate surface area is 146 Å². The molecule has 2 heterocycles. The lowest BCUT2D eigenvalue weighted by molar-refractivity contribution is 0.0937. The average Bonchev–Trinajstić information content (AvgIpc) is 3.16. The number of H-pyrrole nitrogens is 2. The van der Waals surface area contributed by atoms with Gasteiger partial charge < -0.3 is 19.7 Å². The molecule has 0 radical (unpaired) electrons. The van der Waals surface area contributed by atoms with E-state index in [1.165, 1.54) is 12.1 Å². The molecule has 2 aromatic heterocycles. The zero-order valence-electron chi connectivity index (χ0n) is 13.2. The van der Waals surface area contributed by atoms with Gasteiger partial charge in [0.25, 0.3) is 5.91 Å². The third-order valence-electron chi connectivity index (χ3n) is 4.05. The van der Waals surface area contributed by atoms with Crippen molar-refractivity contribution >= 4 is 40.1 Å². The van der Waals surface area contributed by atoms with Crippen LogP contribution in [0.25, 0.3) is 22.0 Å². The maximum Gasteiger partial charge on any atom is 0.254 e. The van der Waals surface area contributed by atoms with E-state index in [1.54, 1.807) is 0 Å². The monoisotopic (exact) mass is 355 g/mol. The minimum Gasteiger partial charge on any atom is -0.459 e. The van der Waals surface area contributed by atoms with Crippen molar-refractivity contribution in [1.82, 2.24) is 15.3 Å². The number of fused-ring (bicyclic) bond motifs is 2. The molecular weight excluding hydrogens is 341 g/mol.